The van der Waals surface area contributed by atoms with Gasteiger partial charge in [0.2, 0.25) is 10.0 Å². The molecule has 1 rings (SSSR count). The molecule has 0 heterocycles. The van der Waals surface area contributed by atoms with E-state index in [1.165, 1.54) is 12.1 Å². The Bertz CT molecular complexity index is 567. The molecule has 0 bridgehead atoms. The maximum atomic E-state index is 12.0. The second-order valence-corrected chi connectivity index (χ2v) is 6.80. The molecule has 6 nitrogen and oxygen atoms in total. The summed E-state index contributed by atoms with van der Waals surface area (Å²) in [5.41, 5.74) is 0.697. The van der Waals surface area contributed by atoms with Gasteiger partial charge in [-0.25, -0.2) is 13.1 Å². The number of rotatable bonds is 8. The Morgan fingerprint density at radius 2 is 1.86 bits per heavy atom. The summed E-state index contributed by atoms with van der Waals surface area (Å²) < 4.78 is 26.5. The molecule has 118 valence electrons. The van der Waals surface area contributed by atoms with E-state index >= 15 is 0 Å². The Morgan fingerprint density at radius 1 is 1.29 bits per heavy atom. The van der Waals surface area contributed by atoms with Crippen molar-refractivity contribution < 1.29 is 18.3 Å². The Kier molecular flexibility index (Phi) is 6.17. The van der Waals surface area contributed by atoms with Crippen LogP contribution in [0.25, 0.3) is 0 Å². The molecule has 0 atom stereocenters. The highest BCUT2D eigenvalue weighted by Gasteiger charge is 2.16. The standard InChI is InChI=1S/C14H22N2O4S/c1-4-9-16(10-14(17)18)12-5-7-13(8-6-12)21(19,20)15-11(2)3/h5-8,11,15H,4,9-10H2,1-3H3,(H,17,18). The van der Waals surface area contributed by atoms with E-state index in [0.29, 0.717) is 12.2 Å². The lowest BCUT2D eigenvalue weighted by molar-refractivity contribution is -0.135. The van der Waals surface area contributed by atoms with Crippen molar-refractivity contribution in [3.05, 3.63) is 24.3 Å². The molecule has 0 amide bonds. The Hall–Kier alpha value is -1.60. The maximum absolute atomic E-state index is 12.0. The highest BCUT2D eigenvalue weighted by atomic mass is 32.2. The number of benzene rings is 1. The summed E-state index contributed by atoms with van der Waals surface area (Å²) in [6, 6.07) is 6.06. The van der Waals surface area contributed by atoms with Crippen LogP contribution in [-0.2, 0) is 14.8 Å². The average Bonchev–Trinajstić information content (AvgIpc) is 2.36. The van der Waals surface area contributed by atoms with Gasteiger partial charge in [-0.1, -0.05) is 6.92 Å². The van der Waals surface area contributed by atoms with Crippen molar-refractivity contribution in [1.29, 1.82) is 0 Å². The van der Waals surface area contributed by atoms with Crippen molar-refractivity contribution >= 4 is 21.7 Å². The van der Waals surface area contributed by atoms with Gasteiger partial charge in [-0.05, 0) is 44.5 Å². The molecular formula is C14H22N2O4S. The second-order valence-electron chi connectivity index (χ2n) is 5.09. The summed E-state index contributed by atoms with van der Waals surface area (Å²) >= 11 is 0. The normalized spacial score (nSPS) is 11.6. The molecule has 0 spiro atoms. The van der Waals surface area contributed by atoms with Crippen molar-refractivity contribution in [3.63, 3.8) is 0 Å². The fourth-order valence-electron chi connectivity index (χ4n) is 1.95. The van der Waals surface area contributed by atoms with E-state index in [-0.39, 0.29) is 17.5 Å². The molecule has 0 aliphatic rings. The van der Waals surface area contributed by atoms with Gasteiger partial charge in [0.05, 0.1) is 4.90 Å². The number of carboxylic acid groups (broad SMARTS) is 1. The van der Waals surface area contributed by atoms with Crippen LogP contribution in [0.3, 0.4) is 0 Å². The Balaban J connectivity index is 2.97. The molecule has 0 saturated carbocycles. The van der Waals surface area contributed by atoms with Gasteiger partial charge in [0.1, 0.15) is 6.54 Å². The van der Waals surface area contributed by atoms with Gasteiger partial charge in [0.25, 0.3) is 0 Å². The lowest BCUT2D eigenvalue weighted by atomic mass is 10.2. The molecule has 0 fully saturated rings. The third-order valence-corrected chi connectivity index (χ3v) is 4.40. The lowest BCUT2D eigenvalue weighted by Crippen LogP contribution is -2.31. The largest absolute Gasteiger partial charge is 0.480 e. The molecule has 0 aromatic heterocycles. The van der Waals surface area contributed by atoms with Crippen LogP contribution in [0, 0.1) is 0 Å². The quantitative estimate of drug-likeness (QED) is 0.762. The summed E-state index contributed by atoms with van der Waals surface area (Å²) in [7, 11) is -3.52. The van der Waals surface area contributed by atoms with Crippen LogP contribution >= 0.6 is 0 Å². The first-order valence-corrected chi connectivity index (χ1v) is 8.33. The molecule has 0 saturated heterocycles. The fraction of sp³-hybridized carbons (Fsp3) is 0.500. The molecule has 0 aliphatic carbocycles. The molecule has 1 aromatic rings. The summed E-state index contributed by atoms with van der Waals surface area (Å²) in [5.74, 6) is -0.915. The highest BCUT2D eigenvalue weighted by molar-refractivity contribution is 7.89. The average molecular weight is 314 g/mol. The maximum Gasteiger partial charge on any atom is 0.323 e. The minimum Gasteiger partial charge on any atom is -0.480 e. The van der Waals surface area contributed by atoms with Gasteiger partial charge in [0, 0.05) is 18.3 Å². The van der Waals surface area contributed by atoms with E-state index in [1.807, 2.05) is 6.92 Å². The number of hydrogen-bond acceptors (Lipinski definition) is 4. The predicted octanol–water partition coefficient (Wildman–Crippen LogP) is 1.67. The van der Waals surface area contributed by atoms with E-state index in [1.54, 1.807) is 30.9 Å². The smallest absolute Gasteiger partial charge is 0.323 e. The lowest BCUT2D eigenvalue weighted by Gasteiger charge is -2.22. The van der Waals surface area contributed by atoms with Crippen molar-refractivity contribution in [1.82, 2.24) is 4.72 Å². The second kappa shape index (κ2) is 7.42. The van der Waals surface area contributed by atoms with Gasteiger partial charge < -0.3 is 10.0 Å². The summed E-state index contributed by atoms with van der Waals surface area (Å²) in [6.45, 7) is 5.95. The number of sulfonamides is 1. The van der Waals surface area contributed by atoms with E-state index in [4.69, 9.17) is 5.11 Å². The fourth-order valence-corrected chi connectivity index (χ4v) is 3.20. The van der Waals surface area contributed by atoms with Crippen LogP contribution in [-0.4, -0.2) is 38.6 Å². The molecule has 2 N–H and O–H groups in total. The van der Waals surface area contributed by atoms with Crippen LogP contribution < -0.4 is 9.62 Å². The number of anilines is 1. The van der Waals surface area contributed by atoms with Crippen molar-refractivity contribution in [2.75, 3.05) is 18.0 Å². The van der Waals surface area contributed by atoms with Crippen LogP contribution in [0.1, 0.15) is 27.2 Å². The first-order valence-electron chi connectivity index (χ1n) is 6.85. The molecule has 1 aromatic carbocycles. The number of nitrogens with one attached hydrogen (secondary N) is 1. The summed E-state index contributed by atoms with van der Waals surface area (Å²) in [5, 5.41) is 8.91. The van der Waals surface area contributed by atoms with Crippen LogP contribution in [0.5, 0.6) is 0 Å². The van der Waals surface area contributed by atoms with Crippen LogP contribution in [0.2, 0.25) is 0 Å². The number of carbonyl (C=O) groups is 1. The molecule has 0 unspecified atom stereocenters. The van der Waals surface area contributed by atoms with Crippen molar-refractivity contribution in [2.45, 2.75) is 38.1 Å². The monoisotopic (exact) mass is 314 g/mol. The Morgan fingerprint density at radius 3 is 2.29 bits per heavy atom. The van der Waals surface area contributed by atoms with Gasteiger partial charge in [-0.2, -0.15) is 0 Å². The molecular weight excluding hydrogens is 292 g/mol. The zero-order chi connectivity index (χ0) is 16.0. The minimum atomic E-state index is -3.52. The van der Waals surface area contributed by atoms with Gasteiger partial charge >= 0.3 is 5.97 Å². The summed E-state index contributed by atoms with van der Waals surface area (Å²) in [6.07, 6.45) is 0.808. The van der Waals surface area contributed by atoms with Crippen LogP contribution in [0.4, 0.5) is 5.69 Å². The molecule has 7 heteroatoms. The number of nitrogens with zero attached hydrogens (tertiary/aromatic N) is 1. The van der Waals surface area contributed by atoms with E-state index in [0.717, 1.165) is 6.42 Å². The van der Waals surface area contributed by atoms with Crippen molar-refractivity contribution in [3.8, 4) is 0 Å². The van der Waals surface area contributed by atoms with Gasteiger partial charge in [-0.3, -0.25) is 4.79 Å². The van der Waals surface area contributed by atoms with Gasteiger partial charge in [-0.15, -0.1) is 0 Å². The topological polar surface area (TPSA) is 86.7 Å². The van der Waals surface area contributed by atoms with E-state index < -0.39 is 16.0 Å². The molecule has 0 radical (unpaired) electrons. The van der Waals surface area contributed by atoms with E-state index in [9.17, 15) is 13.2 Å². The first kappa shape index (κ1) is 17.5. The zero-order valence-electron chi connectivity index (χ0n) is 12.5. The third kappa shape index (κ3) is 5.35. The number of carboxylic acids is 1. The molecule has 0 aliphatic heterocycles. The third-order valence-electron chi connectivity index (χ3n) is 2.72. The zero-order valence-corrected chi connectivity index (χ0v) is 13.4. The Labute approximate surface area is 125 Å². The number of hydrogen-bond donors (Lipinski definition) is 2. The highest BCUT2D eigenvalue weighted by Crippen LogP contribution is 2.18. The predicted molar refractivity (Wildman–Crippen MR) is 82.0 cm³/mol. The summed E-state index contributed by atoms with van der Waals surface area (Å²) in [4.78, 5) is 12.7. The number of aliphatic carboxylic acids is 1. The van der Waals surface area contributed by atoms with Crippen LogP contribution in [0.15, 0.2) is 29.2 Å². The van der Waals surface area contributed by atoms with Gasteiger partial charge in [0.15, 0.2) is 0 Å². The first-order chi connectivity index (χ1) is 9.76. The van der Waals surface area contributed by atoms with Crippen molar-refractivity contribution in [2.24, 2.45) is 0 Å². The SMILES string of the molecule is CCCN(CC(=O)O)c1ccc(S(=O)(=O)NC(C)C)cc1. The molecule has 21 heavy (non-hydrogen) atoms. The van der Waals surface area contributed by atoms with E-state index in [2.05, 4.69) is 4.72 Å². The minimum absolute atomic E-state index is 0.107.